The number of nitrogens with one attached hydrogen (secondary N) is 3. The van der Waals surface area contributed by atoms with Crippen LogP contribution in [0.4, 0.5) is 11.6 Å². The van der Waals surface area contributed by atoms with Crippen molar-refractivity contribution in [3.8, 4) is 0 Å². The molecule has 2 saturated carbocycles. The van der Waals surface area contributed by atoms with Crippen LogP contribution in [0.1, 0.15) is 69.0 Å². The molecule has 2 aliphatic carbocycles. The van der Waals surface area contributed by atoms with Gasteiger partial charge in [-0.05, 0) is 92.6 Å². The van der Waals surface area contributed by atoms with Crippen molar-refractivity contribution in [1.29, 1.82) is 0 Å². The first-order valence-electron chi connectivity index (χ1n) is 18.4. The highest BCUT2D eigenvalue weighted by molar-refractivity contribution is 7.91. The van der Waals surface area contributed by atoms with Crippen LogP contribution in [0, 0.1) is 0 Å². The molecule has 6 aliphatic rings. The fourth-order valence-corrected chi connectivity index (χ4v) is 8.75. The van der Waals surface area contributed by atoms with E-state index in [-0.39, 0.29) is 50.9 Å². The van der Waals surface area contributed by atoms with Crippen molar-refractivity contribution in [2.24, 2.45) is 5.73 Å². The molecule has 3 atom stereocenters. The molecule has 8 rings (SSSR count). The highest BCUT2D eigenvalue weighted by atomic mass is 32.2. The third kappa shape index (κ3) is 19.1. The third-order valence-corrected chi connectivity index (χ3v) is 12.6. The number of carbonyl (C=O) groups excluding carboxylic acids is 1. The lowest BCUT2D eigenvalue weighted by atomic mass is 10.2. The van der Waals surface area contributed by atoms with Crippen molar-refractivity contribution in [2.75, 3.05) is 102 Å². The summed E-state index contributed by atoms with van der Waals surface area (Å²) in [6, 6.07) is 4.56. The van der Waals surface area contributed by atoms with E-state index in [1.165, 1.54) is 31.4 Å². The molecular formula is C34H67N11O6S4. The summed E-state index contributed by atoms with van der Waals surface area (Å²) in [5.74, 6) is 4.04. The monoisotopic (exact) mass is 853 g/mol. The highest BCUT2D eigenvalue weighted by Gasteiger charge is 2.28. The van der Waals surface area contributed by atoms with E-state index in [0.29, 0.717) is 18.3 Å². The van der Waals surface area contributed by atoms with Gasteiger partial charge in [0.25, 0.3) is 0 Å². The van der Waals surface area contributed by atoms with E-state index >= 15 is 0 Å². The van der Waals surface area contributed by atoms with Crippen molar-refractivity contribution in [1.82, 2.24) is 39.6 Å². The largest absolute Gasteiger partial charge is 0.480 e. The molecule has 4 aliphatic heterocycles. The SMILES string of the molecule is CN1CCC[C@H]1C(=O)O.CN1CCC[C@H]1C(N)=O.CN1CCS(=O)(=O)C1.CN1CCS(=O)C1.CNc1cc(C2CC2)[nH]n1.CNc1ccn(C2CC2)n1.S.S. The summed E-state index contributed by atoms with van der Waals surface area (Å²) in [5, 5.41) is 25.9. The molecule has 318 valence electrons. The number of hydrogen-bond donors (Lipinski definition) is 5. The van der Waals surface area contributed by atoms with E-state index in [0.717, 1.165) is 74.5 Å². The minimum atomic E-state index is -2.67. The molecule has 55 heavy (non-hydrogen) atoms. The maximum Gasteiger partial charge on any atom is 0.320 e. The Labute approximate surface area is 344 Å². The molecule has 0 spiro atoms. The number of likely N-dealkylation sites (N-methyl/N-ethyl adjacent to an activating group) is 2. The Hall–Kier alpha value is -2.40. The van der Waals surface area contributed by atoms with Gasteiger partial charge in [0.05, 0.1) is 23.7 Å². The van der Waals surface area contributed by atoms with Crippen LogP contribution in [0.2, 0.25) is 0 Å². The lowest BCUT2D eigenvalue weighted by Gasteiger charge is -2.14. The zero-order chi connectivity index (χ0) is 39.1. The van der Waals surface area contributed by atoms with Crippen LogP contribution in [-0.2, 0) is 30.2 Å². The smallest absolute Gasteiger partial charge is 0.320 e. The summed E-state index contributed by atoms with van der Waals surface area (Å²) < 4.78 is 33.8. The van der Waals surface area contributed by atoms with Gasteiger partial charge in [0.2, 0.25) is 5.91 Å². The van der Waals surface area contributed by atoms with Crippen LogP contribution < -0.4 is 16.4 Å². The number of nitrogens with zero attached hydrogens (tertiary/aromatic N) is 7. The summed E-state index contributed by atoms with van der Waals surface area (Å²) in [4.78, 5) is 28.7. The molecule has 1 unspecified atom stereocenters. The van der Waals surface area contributed by atoms with Gasteiger partial charge in [-0.3, -0.25) is 43.2 Å². The second-order valence-electron chi connectivity index (χ2n) is 14.4. The second-order valence-corrected chi connectivity index (χ2v) is 18.1. The van der Waals surface area contributed by atoms with Gasteiger partial charge >= 0.3 is 5.97 Å². The minimum absolute atomic E-state index is 0. The van der Waals surface area contributed by atoms with E-state index in [1.54, 1.807) is 4.90 Å². The van der Waals surface area contributed by atoms with E-state index in [1.807, 2.05) is 69.0 Å². The number of likely N-dealkylation sites (tertiary alicyclic amines) is 2. The number of aromatic nitrogens is 4. The Morgan fingerprint density at radius 2 is 1.49 bits per heavy atom. The lowest BCUT2D eigenvalue weighted by Crippen LogP contribution is -2.37. The second kappa shape index (κ2) is 25.1. The standard InChI is InChI=1S/2C7H11N3.C6H12N2O.C6H11NO2.C4H9NO2S.C4H9NOS.2H2S/c1-8-7-4-5-10(9-7)6-2-3-6;1-8-7-4-6(9-10-7)5-2-3-5;1-8-4-2-3-5(8)6(7)9;1-7-4-2-3-5(7)6(8)9;1-5-2-3-8(6,7)4-5;1-5-2-3-7(6)4-5;;/h4-6H,2-3H2,1H3,(H,8,9);4-5H,2-3H2,1H3,(H2,8,9,10);5H,2-4H2,1H3,(H2,7,9);5H,2-4H2,1H3,(H,8,9);2-4H2,1H3;2-4H2,1H3;2*1H2/t;;2*5-;;;;/m..00..../s1. The molecule has 0 aromatic carbocycles. The van der Waals surface area contributed by atoms with Crippen LogP contribution in [0.3, 0.4) is 0 Å². The summed E-state index contributed by atoms with van der Waals surface area (Å²) in [6.07, 6.45) is 11.1. The number of sulfone groups is 1. The predicted molar refractivity (Wildman–Crippen MR) is 231 cm³/mol. The lowest BCUT2D eigenvalue weighted by molar-refractivity contribution is -0.141. The first-order valence-corrected chi connectivity index (χ1v) is 21.7. The Balaban J connectivity index is 0.000000329. The van der Waals surface area contributed by atoms with Crippen LogP contribution >= 0.6 is 27.0 Å². The summed E-state index contributed by atoms with van der Waals surface area (Å²) in [7, 11) is 8.16. The summed E-state index contributed by atoms with van der Waals surface area (Å²) in [6.45, 7) is 3.64. The highest BCUT2D eigenvalue weighted by Crippen LogP contribution is 2.39. The van der Waals surface area contributed by atoms with E-state index in [9.17, 15) is 22.2 Å². The molecule has 4 saturated heterocycles. The average Bonchev–Trinajstić information content (AvgIpc) is 3.69. The number of nitrogens with two attached hydrogens (primary N) is 1. The molecule has 2 aromatic rings. The molecule has 0 bridgehead atoms. The van der Waals surface area contributed by atoms with Gasteiger partial charge in [-0.2, -0.15) is 37.2 Å². The number of amides is 1. The Morgan fingerprint density at radius 3 is 1.76 bits per heavy atom. The first-order chi connectivity index (χ1) is 25.1. The molecule has 6 heterocycles. The number of carbonyl (C=O) groups is 2. The number of aliphatic carboxylic acids is 1. The first kappa shape index (κ1) is 50.6. The number of primary amides is 1. The number of anilines is 2. The molecule has 1 amide bonds. The van der Waals surface area contributed by atoms with Gasteiger partial charge in [-0.25, -0.2) is 8.42 Å². The van der Waals surface area contributed by atoms with Gasteiger partial charge < -0.3 is 21.5 Å². The average molecular weight is 854 g/mol. The quantitative estimate of drug-likeness (QED) is 0.279. The predicted octanol–water partition coefficient (Wildman–Crippen LogP) is 1.49. The summed E-state index contributed by atoms with van der Waals surface area (Å²) in [5.41, 5.74) is 6.39. The van der Waals surface area contributed by atoms with Gasteiger partial charge in [-0.1, -0.05) is 0 Å². The molecule has 6 fully saturated rings. The zero-order valence-corrected chi connectivity index (χ0v) is 37.0. The molecule has 17 nitrogen and oxygen atoms in total. The van der Waals surface area contributed by atoms with Gasteiger partial charge in [0.1, 0.15) is 23.6 Å². The number of carboxylic acid groups (broad SMARTS) is 1. The van der Waals surface area contributed by atoms with Crippen molar-refractivity contribution < 1.29 is 27.3 Å². The number of rotatable bonds is 6. The van der Waals surface area contributed by atoms with Crippen LogP contribution in [0.25, 0.3) is 0 Å². The summed E-state index contributed by atoms with van der Waals surface area (Å²) >= 11 is 0. The van der Waals surface area contributed by atoms with Crippen molar-refractivity contribution in [2.45, 2.75) is 75.4 Å². The van der Waals surface area contributed by atoms with Crippen LogP contribution in [-0.4, -0.2) is 173 Å². The van der Waals surface area contributed by atoms with E-state index < -0.39 is 26.6 Å². The Bertz CT molecular complexity index is 1470. The van der Waals surface area contributed by atoms with Crippen molar-refractivity contribution in [3.05, 3.63) is 24.0 Å². The van der Waals surface area contributed by atoms with Crippen molar-refractivity contribution >= 4 is 71.1 Å². The minimum Gasteiger partial charge on any atom is -0.480 e. The molecule has 0 radical (unpaired) electrons. The molecule has 21 heteroatoms. The molecule has 2 aromatic heterocycles. The number of carboxylic acids is 1. The van der Waals surface area contributed by atoms with E-state index in [2.05, 4.69) is 36.9 Å². The number of hydrogen-bond acceptors (Lipinski definition) is 13. The van der Waals surface area contributed by atoms with Crippen LogP contribution in [0.15, 0.2) is 18.3 Å². The zero-order valence-electron chi connectivity index (χ0n) is 33.4. The van der Waals surface area contributed by atoms with Gasteiger partial charge in [0.15, 0.2) is 9.84 Å². The fourth-order valence-electron chi connectivity index (χ4n) is 5.97. The maximum absolute atomic E-state index is 10.6. The van der Waals surface area contributed by atoms with Gasteiger partial charge in [0, 0.05) is 73.7 Å². The maximum atomic E-state index is 10.6. The van der Waals surface area contributed by atoms with Crippen molar-refractivity contribution in [3.63, 3.8) is 0 Å². The topological polar surface area (TPSA) is 215 Å². The van der Waals surface area contributed by atoms with Gasteiger partial charge in [-0.15, -0.1) is 0 Å². The normalized spacial score (nSPS) is 24.2. The van der Waals surface area contributed by atoms with Crippen LogP contribution in [0.5, 0.6) is 0 Å². The Morgan fingerprint density at radius 1 is 0.891 bits per heavy atom. The third-order valence-electron chi connectivity index (χ3n) is 9.58. The molecular weight excluding hydrogens is 787 g/mol. The number of H-pyrrole nitrogens is 1. The number of aromatic amines is 1. The molecule has 6 N–H and O–H groups in total. The van der Waals surface area contributed by atoms with E-state index in [4.69, 9.17) is 10.8 Å². The fraction of sp³-hybridized carbons (Fsp3) is 0.765. The Kier molecular flexibility index (Phi) is 23.1.